The van der Waals surface area contributed by atoms with Gasteiger partial charge in [-0.05, 0) is 35.4 Å². The van der Waals surface area contributed by atoms with Crippen LogP contribution in [0.5, 0.6) is 17.2 Å². The summed E-state index contributed by atoms with van der Waals surface area (Å²) >= 11 is 5.99. The number of carbonyl (C=O) groups is 1. The van der Waals surface area contributed by atoms with E-state index >= 15 is 0 Å². The second-order valence-corrected chi connectivity index (χ2v) is 6.03. The van der Waals surface area contributed by atoms with E-state index in [-0.39, 0.29) is 12.3 Å². The van der Waals surface area contributed by atoms with Crippen LogP contribution in [-0.2, 0) is 17.8 Å². The van der Waals surface area contributed by atoms with Gasteiger partial charge in [-0.25, -0.2) is 0 Å². The van der Waals surface area contributed by atoms with E-state index < -0.39 is 0 Å². The van der Waals surface area contributed by atoms with Gasteiger partial charge in [0, 0.05) is 18.6 Å². The zero-order valence-corrected chi connectivity index (χ0v) is 15.6. The number of halogens is 1. The number of rotatable bonds is 7. The predicted octanol–water partition coefficient (Wildman–Crippen LogP) is 3.57. The molecule has 0 N–H and O–H groups in total. The SMILES string of the molecule is COc1cc(CC(=O)N(C)Cc2cccc(Cl)c2)cc(OC)c1OC. The molecule has 5 nitrogen and oxygen atoms in total. The van der Waals surface area contributed by atoms with E-state index in [9.17, 15) is 4.79 Å². The average molecular weight is 364 g/mol. The zero-order chi connectivity index (χ0) is 18.4. The van der Waals surface area contributed by atoms with Crippen molar-refractivity contribution in [3.8, 4) is 17.2 Å². The summed E-state index contributed by atoms with van der Waals surface area (Å²) in [6.07, 6.45) is 0.230. The van der Waals surface area contributed by atoms with Gasteiger partial charge in [0.15, 0.2) is 11.5 Å². The number of hydrogen-bond acceptors (Lipinski definition) is 4. The van der Waals surface area contributed by atoms with Gasteiger partial charge in [0.2, 0.25) is 11.7 Å². The van der Waals surface area contributed by atoms with Crippen LogP contribution in [0.25, 0.3) is 0 Å². The highest BCUT2D eigenvalue weighted by Gasteiger charge is 2.16. The molecule has 0 aliphatic carbocycles. The first-order valence-electron chi connectivity index (χ1n) is 7.75. The lowest BCUT2D eigenvalue weighted by molar-refractivity contribution is -0.129. The summed E-state index contributed by atoms with van der Waals surface area (Å²) in [7, 11) is 6.41. The van der Waals surface area contributed by atoms with Crippen molar-refractivity contribution in [1.82, 2.24) is 4.90 Å². The summed E-state index contributed by atoms with van der Waals surface area (Å²) in [5.74, 6) is 1.55. The van der Waals surface area contributed by atoms with Crippen LogP contribution in [-0.4, -0.2) is 39.2 Å². The molecular weight excluding hydrogens is 342 g/mol. The third kappa shape index (κ3) is 4.79. The summed E-state index contributed by atoms with van der Waals surface area (Å²) in [6, 6.07) is 11.0. The Morgan fingerprint density at radius 1 is 1.00 bits per heavy atom. The summed E-state index contributed by atoms with van der Waals surface area (Å²) in [6.45, 7) is 0.490. The molecule has 2 aromatic rings. The minimum absolute atomic E-state index is 0.0192. The Labute approximate surface area is 153 Å². The van der Waals surface area contributed by atoms with Crippen molar-refractivity contribution in [3.63, 3.8) is 0 Å². The Hall–Kier alpha value is -2.40. The molecule has 2 aromatic carbocycles. The highest BCUT2D eigenvalue weighted by molar-refractivity contribution is 6.30. The fraction of sp³-hybridized carbons (Fsp3) is 0.316. The molecule has 0 bridgehead atoms. The molecule has 0 aromatic heterocycles. The maximum atomic E-state index is 12.5. The van der Waals surface area contributed by atoms with E-state index in [0.29, 0.717) is 28.8 Å². The van der Waals surface area contributed by atoms with Crippen LogP contribution >= 0.6 is 11.6 Å². The van der Waals surface area contributed by atoms with E-state index in [0.717, 1.165) is 11.1 Å². The molecule has 0 aliphatic heterocycles. The smallest absolute Gasteiger partial charge is 0.227 e. The quantitative estimate of drug-likeness (QED) is 0.754. The van der Waals surface area contributed by atoms with Gasteiger partial charge in [-0.2, -0.15) is 0 Å². The highest BCUT2D eigenvalue weighted by Crippen LogP contribution is 2.38. The molecule has 0 heterocycles. The molecule has 0 spiro atoms. The lowest BCUT2D eigenvalue weighted by Crippen LogP contribution is -2.27. The van der Waals surface area contributed by atoms with Gasteiger partial charge in [-0.15, -0.1) is 0 Å². The molecule has 0 saturated carbocycles. The van der Waals surface area contributed by atoms with Crippen molar-refractivity contribution in [2.45, 2.75) is 13.0 Å². The van der Waals surface area contributed by atoms with E-state index in [1.54, 1.807) is 45.4 Å². The minimum atomic E-state index is -0.0192. The molecule has 0 atom stereocenters. The fourth-order valence-corrected chi connectivity index (χ4v) is 2.76. The molecule has 0 fully saturated rings. The molecule has 2 rings (SSSR count). The number of nitrogens with zero attached hydrogens (tertiary/aromatic N) is 1. The van der Waals surface area contributed by atoms with Gasteiger partial charge in [0.25, 0.3) is 0 Å². The monoisotopic (exact) mass is 363 g/mol. The molecule has 0 unspecified atom stereocenters. The second-order valence-electron chi connectivity index (χ2n) is 5.59. The summed E-state index contributed by atoms with van der Waals surface area (Å²) in [5, 5.41) is 0.656. The van der Waals surface area contributed by atoms with Crippen LogP contribution in [0.15, 0.2) is 36.4 Å². The first-order chi connectivity index (χ1) is 12.0. The Balaban J connectivity index is 2.14. The first kappa shape index (κ1) is 18.9. The number of benzene rings is 2. The van der Waals surface area contributed by atoms with Crippen molar-refractivity contribution in [2.24, 2.45) is 0 Å². The number of methoxy groups -OCH3 is 3. The largest absolute Gasteiger partial charge is 0.493 e. The van der Waals surface area contributed by atoms with E-state index in [2.05, 4.69) is 0 Å². The molecular formula is C19H22ClNO4. The maximum absolute atomic E-state index is 12.5. The lowest BCUT2D eigenvalue weighted by atomic mass is 10.1. The van der Waals surface area contributed by atoms with Crippen molar-refractivity contribution in [3.05, 3.63) is 52.5 Å². The van der Waals surface area contributed by atoms with E-state index in [1.807, 2.05) is 24.3 Å². The Morgan fingerprint density at radius 3 is 2.16 bits per heavy atom. The average Bonchev–Trinajstić information content (AvgIpc) is 2.60. The molecule has 6 heteroatoms. The van der Waals surface area contributed by atoms with Gasteiger partial charge in [-0.1, -0.05) is 23.7 Å². The van der Waals surface area contributed by atoms with Gasteiger partial charge in [0.05, 0.1) is 27.8 Å². The van der Waals surface area contributed by atoms with Crippen molar-refractivity contribution in [1.29, 1.82) is 0 Å². The lowest BCUT2D eigenvalue weighted by Gasteiger charge is -2.19. The van der Waals surface area contributed by atoms with Crippen molar-refractivity contribution < 1.29 is 19.0 Å². The van der Waals surface area contributed by atoms with E-state index in [4.69, 9.17) is 25.8 Å². The molecule has 25 heavy (non-hydrogen) atoms. The van der Waals surface area contributed by atoms with E-state index in [1.165, 1.54) is 0 Å². The molecule has 0 radical (unpaired) electrons. The summed E-state index contributed by atoms with van der Waals surface area (Å²) in [5.41, 5.74) is 1.77. The normalized spacial score (nSPS) is 10.3. The second kappa shape index (κ2) is 8.62. The number of hydrogen-bond donors (Lipinski definition) is 0. The Bertz CT molecular complexity index is 723. The van der Waals surface area contributed by atoms with Crippen LogP contribution in [0.1, 0.15) is 11.1 Å². The number of ether oxygens (including phenoxy) is 3. The number of amides is 1. The van der Waals surface area contributed by atoms with Crippen LogP contribution < -0.4 is 14.2 Å². The van der Waals surface area contributed by atoms with Crippen molar-refractivity contribution >= 4 is 17.5 Å². The number of carbonyl (C=O) groups excluding carboxylic acids is 1. The summed E-state index contributed by atoms with van der Waals surface area (Å²) in [4.78, 5) is 14.2. The molecule has 1 amide bonds. The topological polar surface area (TPSA) is 48.0 Å². The number of likely N-dealkylation sites (N-methyl/N-ethyl adjacent to an activating group) is 1. The third-order valence-corrected chi connectivity index (χ3v) is 4.05. The minimum Gasteiger partial charge on any atom is -0.493 e. The Kier molecular flexibility index (Phi) is 6.53. The predicted molar refractivity (Wildman–Crippen MR) is 97.7 cm³/mol. The maximum Gasteiger partial charge on any atom is 0.227 e. The van der Waals surface area contributed by atoms with Crippen molar-refractivity contribution in [2.75, 3.05) is 28.4 Å². The molecule has 134 valence electrons. The van der Waals surface area contributed by atoms with Gasteiger partial charge in [0.1, 0.15) is 0 Å². The third-order valence-electron chi connectivity index (χ3n) is 3.81. The molecule has 0 aliphatic rings. The molecule has 0 saturated heterocycles. The standard InChI is InChI=1S/C19H22ClNO4/c1-21(12-13-6-5-7-15(20)8-13)18(22)11-14-9-16(23-2)19(25-4)17(10-14)24-3/h5-10H,11-12H2,1-4H3. The van der Waals surface area contributed by atoms with Gasteiger partial charge in [-0.3, -0.25) is 4.79 Å². The van der Waals surface area contributed by atoms with Crippen LogP contribution in [0.4, 0.5) is 0 Å². The van der Waals surface area contributed by atoms with Gasteiger partial charge < -0.3 is 19.1 Å². The summed E-state index contributed by atoms with van der Waals surface area (Å²) < 4.78 is 15.9. The first-order valence-corrected chi connectivity index (χ1v) is 8.13. The van der Waals surface area contributed by atoms with Gasteiger partial charge >= 0.3 is 0 Å². The fourth-order valence-electron chi connectivity index (χ4n) is 2.54. The zero-order valence-electron chi connectivity index (χ0n) is 14.8. The highest BCUT2D eigenvalue weighted by atomic mass is 35.5. The van der Waals surface area contributed by atoms with Crippen LogP contribution in [0.2, 0.25) is 5.02 Å². The van der Waals surface area contributed by atoms with Crippen LogP contribution in [0, 0.1) is 0 Å². The Morgan fingerprint density at radius 2 is 1.64 bits per heavy atom. The van der Waals surface area contributed by atoms with Crippen LogP contribution in [0.3, 0.4) is 0 Å².